The third-order valence-corrected chi connectivity index (χ3v) is 3.70. The van der Waals surface area contributed by atoms with Gasteiger partial charge in [0.2, 0.25) is 0 Å². The van der Waals surface area contributed by atoms with Gasteiger partial charge in [-0.25, -0.2) is 4.79 Å². The van der Waals surface area contributed by atoms with Gasteiger partial charge in [0.1, 0.15) is 0 Å². The molecule has 1 amide bonds. The Morgan fingerprint density at radius 2 is 2.43 bits per heavy atom. The van der Waals surface area contributed by atoms with Crippen molar-refractivity contribution in [3.8, 4) is 0 Å². The van der Waals surface area contributed by atoms with Gasteiger partial charge in [0.15, 0.2) is 0 Å². The van der Waals surface area contributed by atoms with Crippen LogP contribution in [0.15, 0.2) is 0 Å². The van der Waals surface area contributed by atoms with Gasteiger partial charge in [-0.15, -0.1) is 0 Å². The van der Waals surface area contributed by atoms with Crippen molar-refractivity contribution in [2.45, 2.75) is 32.4 Å². The first-order valence-corrected chi connectivity index (χ1v) is 5.44. The van der Waals surface area contributed by atoms with Crippen molar-refractivity contribution in [1.29, 1.82) is 0 Å². The second-order valence-corrected chi connectivity index (χ2v) is 4.41. The zero-order valence-electron chi connectivity index (χ0n) is 8.57. The molecular formula is C10H18N2O2. The second kappa shape index (κ2) is 3.77. The molecule has 0 spiro atoms. The fourth-order valence-corrected chi connectivity index (χ4v) is 2.89. The third-order valence-electron chi connectivity index (χ3n) is 3.70. The molecule has 1 unspecified atom stereocenters. The first kappa shape index (κ1) is 9.77. The van der Waals surface area contributed by atoms with Gasteiger partial charge in [-0.1, -0.05) is 13.3 Å². The summed E-state index contributed by atoms with van der Waals surface area (Å²) in [5.41, 5.74) is 0. The second-order valence-electron chi connectivity index (χ2n) is 4.41. The van der Waals surface area contributed by atoms with Crippen molar-refractivity contribution in [2.24, 2.45) is 11.8 Å². The number of nitrogens with one attached hydrogen (secondary N) is 1. The number of carbonyl (C=O) groups is 1. The third kappa shape index (κ3) is 1.71. The van der Waals surface area contributed by atoms with E-state index in [2.05, 4.69) is 17.1 Å². The molecular weight excluding hydrogens is 180 g/mol. The molecule has 3 fully saturated rings. The molecule has 3 heterocycles. The topological polar surface area (TPSA) is 52.6 Å². The Hall–Kier alpha value is -0.770. The van der Waals surface area contributed by atoms with Crippen LogP contribution in [0.5, 0.6) is 0 Å². The van der Waals surface area contributed by atoms with E-state index in [-0.39, 0.29) is 6.17 Å². The number of amides is 1. The monoisotopic (exact) mass is 198 g/mol. The lowest BCUT2D eigenvalue weighted by molar-refractivity contribution is -0.0119. The molecule has 2 N–H and O–H groups in total. The van der Waals surface area contributed by atoms with Gasteiger partial charge in [-0.3, -0.25) is 4.90 Å². The van der Waals surface area contributed by atoms with Crippen LogP contribution in [0.1, 0.15) is 26.2 Å². The largest absolute Gasteiger partial charge is 0.465 e. The number of carboxylic acid groups (broad SMARTS) is 1. The highest BCUT2D eigenvalue weighted by molar-refractivity contribution is 5.64. The van der Waals surface area contributed by atoms with E-state index in [0.717, 1.165) is 31.3 Å². The molecule has 3 saturated heterocycles. The first-order valence-electron chi connectivity index (χ1n) is 5.44. The molecule has 0 aliphatic carbocycles. The Bertz CT molecular complexity index is 232. The molecule has 3 rings (SSSR count). The molecule has 80 valence electrons. The predicted octanol–water partition coefficient (Wildman–Crippen LogP) is 1.33. The summed E-state index contributed by atoms with van der Waals surface area (Å²) in [5, 5.41) is 11.3. The molecule has 3 aliphatic heterocycles. The van der Waals surface area contributed by atoms with E-state index in [4.69, 9.17) is 5.11 Å². The van der Waals surface area contributed by atoms with E-state index in [9.17, 15) is 4.79 Å². The zero-order valence-corrected chi connectivity index (χ0v) is 8.57. The lowest BCUT2D eigenvalue weighted by atomic mass is 9.76. The number of nitrogens with zero attached hydrogens (tertiary/aromatic N) is 1. The quantitative estimate of drug-likeness (QED) is 0.704. The first-order chi connectivity index (χ1) is 6.70. The molecule has 0 aromatic rings. The van der Waals surface area contributed by atoms with Gasteiger partial charge in [-0.05, 0) is 24.7 Å². The minimum atomic E-state index is -0.893. The smallest absolute Gasteiger partial charge is 0.405 e. The van der Waals surface area contributed by atoms with Crippen molar-refractivity contribution >= 4 is 6.09 Å². The van der Waals surface area contributed by atoms with E-state index < -0.39 is 6.09 Å². The molecule has 0 aromatic heterocycles. The van der Waals surface area contributed by atoms with Crippen molar-refractivity contribution in [3.63, 3.8) is 0 Å². The molecule has 0 aromatic carbocycles. The van der Waals surface area contributed by atoms with Crippen LogP contribution < -0.4 is 5.32 Å². The minimum Gasteiger partial charge on any atom is -0.465 e. The Balaban J connectivity index is 1.97. The van der Waals surface area contributed by atoms with E-state index in [1.165, 1.54) is 12.8 Å². The van der Waals surface area contributed by atoms with E-state index >= 15 is 0 Å². The van der Waals surface area contributed by atoms with Crippen molar-refractivity contribution in [2.75, 3.05) is 13.1 Å². The maximum Gasteiger partial charge on any atom is 0.405 e. The van der Waals surface area contributed by atoms with Crippen LogP contribution in [0.3, 0.4) is 0 Å². The highest BCUT2D eigenvalue weighted by Gasteiger charge is 2.39. The van der Waals surface area contributed by atoms with Gasteiger partial charge in [0, 0.05) is 13.1 Å². The van der Waals surface area contributed by atoms with Crippen molar-refractivity contribution < 1.29 is 9.90 Å². The van der Waals surface area contributed by atoms with Crippen molar-refractivity contribution in [1.82, 2.24) is 10.2 Å². The van der Waals surface area contributed by atoms with Gasteiger partial charge >= 0.3 is 6.09 Å². The maximum absolute atomic E-state index is 10.6. The molecule has 14 heavy (non-hydrogen) atoms. The standard InChI is InChI=1S/C10H18N2O2/c1-2-7-6-12-4-3-8(7)5-9(12)11-10(13)14/h7-9,11H,2-6H2,1H3,(H,13,14)/t7-,8-,9+/m0/s1. The predicted molar refractivity (Wildman–Crippen MR) is 53.0 cm³/mol. The number of hydrogen-bond donors (Lipinski definition) is 2. The van der Waals surface area contributed by atoms with Crippen LogP contribution in [-0.2, 0) is 0 Å². The highest BCUT2D eigenvalue weighted by Crippen LogP contribution is 2.36. The Kier molecular flexibility index (Phi) is 2.63. The summed E-state index contributed by atoms with van der Waals surface area (Å²) in [4.78, 5) is 12.8. The Morgan fingerprint density at radius 3 is 2.93 bits per heavy atom. The van der Waals surface area contributed by atoms with Crippen molar-refractivity contribution in [3.05, 3.63) is 0 Å². The highest BCUT2D eigenvalue weighted by atomic mass is 16.4. The Labute approximate surface area is 84.3 Å². The number of hydrogen-bond acceptors (Lipinski definition) is 2. The van der Waals surface area contributed by atoms with Crippen LogP contribution in [-0.4, -0.2) is 35.4 Å². The van der Waals surface area contributed by atoms with Crippen LogP contribution in [0.25, 0.3) is 0 Å². The molecule has 4 nitrogen and oxygen atoms in total. The molecule has 2 bridgehead atoms. The lowest BCUT2D eigenvalue weighted by Gasteiger charge is -2.49. The molecule has 4 atom stereocenters. The summed E-state index contributed by atoms with van der Waals surface area (Å²) in [6.45, 7) is 4.37. The Morgan fingerprint density at radius 1 is 1.64 bits per heavy atom. The average molecular weight is 198 g/mol. The summed E-state index contributed by atoms with van der Waals surface area (Å²) < 4.78 is 0. The van der Waals surface area contributed by atoms with E-state index in [1.54, 1.807) is 0 Å². The zero-order chi connectivity index (χ0) is 10.1. The van der Waals surface area contributed by atoms with Crippen LogP contribution in [0.2, 0.25) is 0 Å². The summed E-state index contributed by atoms with van der Waals surface area (Å²) >= 11 is 0. The van der Waals surface area contributed by atoms with Gasteiger partial charge < -0.3 is 10.4 Å². The lowest BCUT2D eigenvalue weighted by Crippen LogP contribution is -2.59. The number of fused-ring (bicyclic) bond motifs is 3. The fraction of sp³-hybridized carbons (Fsp3) is 0.900. The number of piperidine rings is 3. The fourth-order valence-electron chi connectivity index (χ4n) is 2.89. The molecule has 0 saturated carbocycles. The molecule has 4 heteroatoms. The maximum atomic E-state index is 10.6. The van der Waals surface area contributed by atoms with E-state index in [0.29, 0.717) is 0 Å². The van der Waals surface area contributed by atoms with Gasteiger partial charge in [0.25, 0.3) is 0 Å². The molecule has 3 aliphatic rings. The average Bonchev–Trinajstić information content (AvgIpc) is 2.17. The number of rotatable bonds is 2. The summed E-state index contributed by atoms with van der Waals surface area (Å²) in [5.74, 6) is 1.53. The van der Waals surface area contributed by atoms with Crippen LogP contribution >= 0.6 is 0 Å². The SMILES string of the molecule is CC[C@H]1CN2CC[C@H]1C[C@@H]2NC(=O)O. The van der Waals surface area contributed by atoms with Gasteiger partial charge in [0.05, 0.1) is 6.17 Å². The summed E-state index contributed by atoms with van der Waals surface area (Å²) in [7, 11) is 0. The summed E-state index contributed by atoms with van der Waals surface area (Å²) in [6.07, 6.45) is 2.66. The molecule has 0 radical (unpaired) electrons. The minimum absolute atomic E-state index is 0.0778. The van der Waals surface area contributed by atoms with Gasteiger partial charge in [-0.2, -0.15) is 0 Å². The summed E-state index contributed by atoms with van der Waals surface area (Å²) in [6, 6.07) is 0. The van der Waals surface area contributed by atoms with Crippen LogP contribution in [0, 0.1) is 11.8 Å². The van der Waals surface area contributed by atoms with E-state index in [1.807, 2.05) is 0 Å². The van der Waals surface area contributed by atoms with Crippen LogP contribution in [0.4, 0.5) is 4.79 Å². The normalized spacial score (nSPS) is 40.9.